The summed E-state index contributed by atoms with van der Waals surface area (Å²) in [5.74, 6) is 0. The van der Waals surface area contributed by atoms with E-state index in [1.165, 1.54) is 4.90 Å². The maximum absolute atomic E-state index is 12.5. The molecule has 0 spiro atoms. The van der Waals surface area contributed by atoms with Crippen molar-refractivity contribution in [3.63, 3.8) is 0 Å². The molecule has 0 radical (unpaired) electrons. The van der Waals surface area contributed by atoms with Gasteiger partial charge in [-0.1, -0.05) is 60.7 Å². The number of aliphatic hydroxyl groups excluding tert-OH is 1. The molecule has 1 aromatic heterocycles. The van der Waals surface area contributed by atoms with Crippen LogP contribution in [-0.4, -0.2) is 21.3 Å². The number of amides is 1. The number of fused-ring (bicyclic) bond motifs is 4. The molecule has 5 rings (SSSR count). The predicted molar refractivity (Wildman–Crippen MR) is 108 cm³/mol. The average molecular weight is 370 g/mol. The van der Waals surface area contributed by atoms with Gasteiger partial charge in [-0.25, -0.2) is 4.79 Å². The maximum Gasteiger partial charge on any atom is 0.412 e. The maximum atomic E-state index is 12.5. The Morgan fingerprint density at radius 2 is 1.68 bits per heavy atom. The van der Waals surface area contributed by atoms with E-state index in [0.29, 0.717) is 11.3 Å². The average Bonchev–Trinajstić information content (AvgIpc) is 3.16. The van der Waals surface area contributed by atoms with Crippen LogP contribution in [0.25, 0.3) is 22.0 Å². The third kappa shape index (κ3) is 2.27. The summed E-state index contributed by atoms with van der Waals surface area (Å²) in [6.45, 7) is -0.226. The highest BCUT2D eigenvalue weighted by Gasteiger charge is 2.38. The van der Waals surface area contributed by atoms with Gasteiger partial charge in [-0.05, 0) is 17.2 Å². The number of aliphatic hydroxyl groups is 1. The summed E-state index contributed by atoms with van der Waals surface area (Å²) in [6.07, 6.45) is 0.834. The van der Waals surface area contributed by atoms with Crippen molar-refractivity contribution in [1.82, 2.24) is 4.98 Å². The molecule has 0 saturated carbocycles. The molecular weight excluding hydrogens is 352 g/mol. The molecule has 2 heterocycles. The largest absolute Gasteiger partial charge is 0.465 e. The smallest absolute Gasteiger partial charge is 0.412 e. The number of nitrogens with one attached hydrogen (secondary N) is 1. The highest BCUT2D eigenvalue weighted by molar-refractivity contribution is 6.00. The zero-order valence-corrected chi connectivity index (χ0v) is 15.0. The first-order chi connectivity index (χ1) is 13.7. The zero-order chi connectivity index (χ0) is 19.3. The Morgan fingerprint density at radius 1 is 0.929 bits per heavy atom. The number of aromatic amines is 1. The van der Waals surface area contributed by atoms with E-state index in [1.54, 1.807) is 6.07 Å². The van der Waals surface area contributed by atoms with Crippen LogP contribution in [0.2, 0.25) is 0 Å². The number of benzene rings is 3. The van der Waals surface area contributed by atoms with Crippen LogP contribution in [0.3, 0.4) is 0 Å². The van der Waals surface area contributed by atoms with Crippen LogP contribution in [0.15, 0.2) is 72.9 Å². The van der Waals surface area contributed by atoms with Crippen LogP contribution in [0.1, 0.15) is 22.7 Å². The lowest BCUT2D eigenvalue weighted by Gasteiger charge is -2.38. The van der Waals surface area contributed by atoms with Gasteiger partial charge in [0.05, 0.1) is 18.3 Å². The molecule has 1 amide bonds. The first kappa shape index (κ1) is 16.6. The van der Waals surface area contributed by atoms with E-state index >= 15 is 0 Å². The highest BCUT2D eigenvalue weighted by atomic mass is 16.4. The van der Waals surface area contributed by atoms with E-state index in [4.69, 9.17) is 0 Å². The third-order valence-electron chi connectivity index (χ3n) is 5.46. The standard InChI is InChI=1S/C23H18N2O3/c26-13-14-6-5-10-17-15-7-1-2-9-18(15)22(25(21(14)17)23(27)28)19-12-24-20-11-4-3-8-16(19)20/h1-12,22,24,26H,13H2,(H,27,28). The van der Waals surface area contributed by atoms with Gasteiger partial charge < -0.3 is 15.2 Å². The normalized spacial score (nSPS) is 15.3. The lowest BCUT2D eigenvalue weighted by atomic mass is 9.84. The summed E-state index contributed by atoms with van der Waals surface area (Å²) >= 11 is 0. The molecule has 3 aromatic carbocycles. The second-order valence-electron chi connectivity index (χ2n) is 6.90. The molecule has 1 aliphatic rings. The van der Waals surface area contributed by atoms with E-state index in [2.05, 4.69) is 4.98 Å². The van der Waals surface area contributed by atoms with Crippen LogP contribution >= 0.6 is 0 Å². The van der Waals surface area contributed by atoms with Crippen LogP contribution in [0.4, 0.5) is 10.5 Å². The number of carboxylic acid groups (broad SMARTS) is 1. The number of nitrogens with zero attached hydrogens (tertiary/aromatic N) is 1. The van der Waals surface area contributed by atoms with Gasteiger partial charge in [0, 0.05) is 33.8 Å². The van der Waals surface area contributed by atoms with Gasteiger partial charge in [0.25, 0.3) is 0 Å². The number of hydrogen-bond donors (Lipinski definition) is 3. The minimum absolute atomic E-state index is 0.226. The van der Waals surface area contributed by atoms with Gasteiger partial charge >= 0.3 is 6.09 Å². The summed E-state index contributed by atoms with van der Waals surface area (Å²) in [5, 5.41) is 21.1. The number of H-pyrrole nitrogens is 1. The van der Waals surface area contributed by atoms with Crippen LogP contribution in [-0.2, 0) is 6.61 Å². The number of carbonyl (C=O) groups is 1. The predicted octanol–water partition coefficient (Wildman–Crippen LogP) is 4.91. The van der Waals surface area contributed by atoms with Gasteiger partial charge in [0.2, 0.25) is 0 Å². The number of para-hydroxylation sites is 2. The first-order valence-corrected chi connectivity index (χ1v) is 9.11. The molecule has 0 aliphatic carbocycles. The number of hydrogen-bond acceptors (Lipinski definition) is 2. The van der Waals surface area contributed by atoms with Crippen molar-refractivity contribution in [3.05, 3.63) is 89.6 Å². The summed E-state index contributed by atoms with van der Waals surface area (Å²) in [6, 6.07) is 20.8. The zero-order valence-electron chi connectivity index (χ0n) is 15.0. The molecule has 5 heteroatoms. The molecule has 28 heavy (non-hydrogen) atoms. The molecule has 1 atom stereocenters. The lowest BCUT2D eigenvalue weighted by Crippen LogP contribution is -2.38. The molecule has 0 fully saturated rings. The lowest BCUT2D eigenvalue weighted by molar-refractivity contribution is 0.199. The quantitative estimate of drug-likeness (QED) is 0.469. The van der Waals surface area contributed by atoms with E-state index in [9.17, 15) is 15.0 Å². The SMILES string of the molecule is O=C(O)N1c2c(CO)cccc2-c2ccccc2C1c1c[nH]c2ccccc12. The fourth-order valence-electron chi connectivity index (χ4n) is 4.30. The minimum Gasteiger partial charge on any atom is -0.465 e. The fourth-order valence-corrected chi connectivity index (χ4v) is 4.30. The van der Waals surface area contributed by atoms with E-state index < -0.39 is 12.1 Å². The minimum atomic E-state index is -1.05. The molecule has 138 valence electrons. The molecular formula is C23H18N2O3. The number of anilines is 1. The van der Waals surface area contributed by atoms with E-state index in [0.717, 1.165) is 33.2 Å². The summed E-state index contributed by atoms with van der Waals surface area (Å²) < 4.78 is 0. The van der Waals surface area contributed by atoms with E-state index in [-0.39, 0.29) is 6.61 Å². The Morgan fingerprint density at radius 3 is 2.50 bits per heavy atom. The van der Waals surface area contributed by atoms with E-state index in [1.807, 2.05) is 66.9 Å². The van der Waals surface area contributed by atoms with Crippen molar-refractivity contribution in [2.24, 2.45) is 0 Å². The molecule has 1 aliphatic heterocycles. The van der Waals surface area contributed by atoms with Crippen molar-refractivity contribution in [2.75, 3.05) is 4.90 Å². The number of rotatable bonds is 2. The summed E-state index contributed by atoms with van der Waals surface area (Å²) in [5.41, 5.74) is 5.73. The molecule has 0 saturated heterocycles. The van der Waals surface area contributed by atoms with Crippen molar-refractivity contribution < 1.29 is 15.0 Å². The fraction of sp³-hybridized carbons (Fsp3) is 0.0870. The Kier molecular flexibility index (Phi) is 3.70. The third-order valence-corrected chi connectivity index (χ3v) is 5.46. The van der Waals surface area contributed by atoms with Crippen molar-refractivity contribution in [3.8, 4) is 11.1 Å². The Hall–Kier alpha value is -3.57. The van der Waals surface area contributed by atoms with Gasteiger partial charge in [0.1, 0.15) is 0 Å². The molecule has 4 aromatic rings. The first-order valence-electron chi connectivity index (χ1n) is 9.11. The van der Waals surface area contributed by atoms with Crippen LogP contribution in [0, 0.1) is 0 Å². The summed E-state index contributed by atoms with van der Waals surface area (Å²) in [7, 11) is 0. The van der Waals surface area contributed by atoms with Crippen molar-refractivity contribution in [2.45, 2.75) is 12.6 Å². The molecule has 3 N–H and O–H groups in total. The van der Waals surface area contributed by atoms with Gasteiger partial charge in [-0.15, -0.1) is 0 Å². The van der Waals surface area contributed by atoms with Gasteiger partial charge in [-0.3, -0.25) is 4.90 Å². The van der Waals surface area contributed by atoms with Gasteiger partial charge in [0.15, 0.2) is 0 Å². The highest BCUT2D eigenvalue weighted by Crippen LogP contribution is 2.49. The second-order valence-corrected chi connectivity index (χ2v) is 6.90. The number of aromatic nitrogens is 1. The van der Waals surface area contributed by atoms with Crippen molar-refractivity contribution in [1.29, 1.82) is 0 Å². The van der Waals surface area contributed by atoms with Crippen LogP contribution < -0.4 is 4.90 Å². The Labute approximate surface area is 161 Å². The van der Waals surface area contributed by atoms with Crippen LogP contribution in [0.5, 0.6) is 0 Å². The molecule has 0 bridgehead atoms. The van der Waals surface area contributed by atoms with Gasteiger partial charge in [-0.2, -0.15) is 0 Å². The Bertz CT molecular complexity index is 1210. The molecule has 1 unspecified atom stereocenters. The monoisotopic (exact) mass is 370 g/mol. The van der Waals surface area contributed by atoms with Crippen molar-refractivity contribution >= 4 is 22.7 Å². The second kappa shape index (κ2) is 6.25. The molecule has 5 nitrogen and oxygen atoms in total. The summed E-state index contributed by atoms with van der Waals surface area (Å²) in [4.78, 5) is 17.1. The Balaban J connectivity index is 1.87. The topological polar surface area (TPSA) is 76.6 Å².